The predicted molar refractivity (Wildman–Crippen MR) is 73.0 cm³/mol. The van der Waals surface area contributed by atoms with E-state index >= 15 is 0 Å². The lowest BCUT2D eigenvalue weighted by Gasteiger charge is -2.37. The standard InChI is InChI=1S/C13H26NO3Si/c1-11-7-5-6-8-12(11)14-10-9-13(14)18(15-2,16-3)17-4/h11,13H,5-10H2,1-4H3/q+1/b14-12-. The summed E-state index contributed by atoms with van der Waals surface area (Å²) >= 11 is 0. The first-order valence-corrected chi connectivity index (χ1v) is 8.76. The topological polar surface area (TPSA) is 30.7 Å². The van der Waals surface area contributed by atoms with E-state index in [2.05, 4.69) is 11.5 Å². The van der Waals surface area contributed by atoms with Gasteiger partial charge in [-0.3, -0.25) is 0 Å². The van der Waals surface area contributed by atoms with Gasteiger partial charge < -0.3 is 13.3 Å². The first kappa shape index (κ1) is 14.2. The van der Waals surface area contributed by atoms with Crippen molar-refractivity contribution in [2.24, 2.45) is 5.92 Å². The molecule has 2 aliphatic rings. The van der Waals surface area contributed by atoms with E-state index < -0.39 is 8.80 Å². The van der Waals surface area contributed by atoms with Gasteiger partial charge >= 0.3 is 8.80 Å². The number of rotatable bonds is 4. The number of nitrogens with zero attached hydrogens (tertiary/aromatic N) is 1. The fraction of sp³-hybridized carbons (Fsp3) is 0.923. The zero-order valence-corrected chi connectivity index (χ0v) is 13.1. The second-order valence-corrected chi connectivity index (χ2v) is 8.45. The fourth-order valence-corrected chi connectivity index (χ4v) is 5.83. The van der Waals surface area contributed by atoms with E-state index in [0.717, 1.165) is 13.0 Å². The molecule has 2 unspecified atom stereocenters. The summed E-state index contributed by atoms with van der Waals surface area (Å²) in [5.74, 6) is 0.707. The highest BCUT2D eigenvalue weighted by atomic mass is 28.4. The number of hydrogen-bond donors (Lipinski definition) is 0. The lowest BCUT2D eigenvalue weighted by molar-refractivity contribution is -0.614. The van der Waals surface area contributed by atoms with Crippen LogP contribution in [0.3, 0.4) is 0 Å². The Labute approximate surface area is 111 Å². The third-order valence-electron chi connectivity index (χ3n) is 4.54. The molecule has 1 saturated carbocycles. The van der Waals surface area contributed by atoms with Gasteiger partial charge in [-0.15, -0.1) is 0 Å². The molecule has 1 saturated heterocycles. The maximum atomic E-state index is 5.64. The molecule has 0 aromatic carbocycles. The van der Waals surface area contributed by atoms with Crippen LogP contribution in [0.15, 0.2) is 0 Å². The van der Waals surface area contributed by atoms with Crippen LogP contribution in [0.2, 0.25) is 0 Å². The van der Waals surface area contributed by atoms with Crippen LogP contribution in [-0.4, -0.2) is 52.6 Å². The van der Waals surface area contributed by atoms with Gasteiger partial charge in [-0.25, -0.2) is 4.58 Å². The highest BCUT2D eigenvalue weighted by molar-refractivity contribution is 6.62. The minimum atomic E-state index is -2.51. The van der Waals surface area contributed by atoms with Gasteiger partial charge in [0.1, 0.15) is 6.54 Å². The molecule has 104 valence electrons. The van der Waals surface area contributed by atoms with Crippen LogP contribution in [0, 0.1) is 5.92 Å². The average Bonchev–Trinajstić information content (AvgIpc) is 2.37. The Bertz CT molecular complexity index is 320. The van der Waals surface area contributed by atoms with E-state index in [0.29, 0.717) is 11.6 Å². The monoisotopic (exact) mass is 272 g/mol. The molecule has 2 fully saturated rings. The molecule has 0 amide bonds. The van der Waals surface area contributed by atoms with E-state index in [4.69, 9.17) is 13.3 Å². The molecule has 2 atom stereocenters. The summed E-state index contributed by atoms with van der Waals surface area (Å²) in [5, 5.41) is 0. The van der Waals surface area contributed by atoms with Crippen LogP contribution < -0.4 is 0 Å². The van der Waals surface area contributed by atoms with E-state index in [1.165, 1.54) is 25.7 Å². The van der Waals surface area contributed by atoms with Crippen molar-refractivity contribution in [2.75, 3.05) is 27.9 Å². The van der Waals surface area contributed by atoms with Crippen LogP contribution in [0.25, 0.3) is 0 Å². The summed E-state index contributed by atoms with van der Waals surface area (Å²) in [6.45, 7) is 3.48. The third-order valence-corrected chi connectivity index (χ3v) is 7.66. The van der Waals surface area contributed by atoms with Crippen LogP contribution >= 0.6 is 0 Å². The molecule has 5 heteroatoms. The Kier molecular flexibility index (Phi) is 4.58. The molecule has 0 radical (unpaired) electrons. The summed E-state index contributed by atoms with van der Waals surface area (Å²) < 4.78 is 19.4. The molecule has 0 aromatic heterocycles. The Hall–Kier alpha value is -0.233. The van der Waals surface area contributed by atoms with Crippen molar-refractivity contribution in [1.82, 2.24) is 0 Å². The zero-order chi connectivity index (χ0) is 13.2. The maximum Gasteiger partial charge on any atom is 0.572 e. The molecule has 2 rings (SSSR count). The second kappa shape index (κ2) is 5.82. The molecule has 0 spiro atoms. The van der Waals surface area contributed by atoms with Crippen molar-refractivity contribution in [1.29, 1.82) is 0 Å². The van der Waals surface area contributed by atoms with Crippen molar-refractivity contribution in [3.05, 3.63) is 0 Å². The third kappa shape index (κ3) is 2.29. The molecule has 0 aromatic rings. The van der Waals surface area contributed by atoms with Crippen molar-refractivity contribution >= 4 is 14.5 Å². The predicted octanol–water partition coefficient (Wildman–Crippen LogP) is 1.84. The van der Waals surface area contributed by atoms with Gasteiger partial charge in [0.2, 0.25) is 5.67 Å². The van der Waals surface area contributed by atoms with Crippen LogP contribution in [0.4, 0.5) is 0 Å². The maximum absolute atomic E-state index is 5.64. The Morgan fingerprint density at radius 2 is 1.72 bits per heavy atom. The van der Waals surface area contributed by atoms with Crippen molar-refractivity contribution in [2.45, 2.75) is 44.7 Å². The fourth-order valence-electron chi connectivity index (χ4n) is 3.35. The quantitative estimate of drug-likeness (QED) is 0.578. The van der Waals surface area contributed by atoms with Gasteiger partial charge in [-0.05, 0) is 12.8 Å². The smallest absolute Gasteiger partial charge is 0.373 e. The lowest BCUT2D eigenvalue weighted by atomic mass is 9.87. The van der Waals surface area contributed by atoms with Crippen LogP contribution in [0.1, 0.15) is 39.0 Å². The molecule has 0 bridgehead atoms. The molecule has 18 heavy (non-hydrogen) atoms. The van der Waals surface area contributed by atoms with Crippen molar-refractivity contribution in [3.63, 3.8) is 0 Å². The largest absolute Gasteiger partial charge is 0.572 e. The SMILES string of the molecule is CO[Si](OC)(OC)C1CC/[N+]1=C1\CCCCC1C. The normalized spacial score (nSPS) is 33.3. The van der Waals surface area contributed by atoms with E-state index in [9.17, 15) is 0 Å². The first-order valence-electron chi connectivity index (χ1n) is 6.96. The summed E-state index contributed by atoms with van der Waals surface area (Å²) in [4.78, 5) is 0. The summed E-state index contributed by atoms with van der Waals surface area (Å²) in [6.07, 6.45) is 6.37. The van der Waals surface area contributed by atoms with Crippen molar-refractivity contribution in [3.8, 4) is 0 Å². The summed E-state index contributed by atoms with van der Waals surface area (Å²) in [5.41, 5.74) is 1.92. The van der Waals surface area contributed by atoms with Crippen molar-refractivity contribution < 1.29 is 17.9 Å². The number of hydrogen-bond acceptors (Lipinski definition) is 3. The first-order chi connectivity index (χ1) is 8.68. The van der Waals surface area contributed by atoms with Crippen LogP contribution in [-0.2, 0) is 13.3 Å². The minimum Gasteiger partial charge on any atom is -0.373 e. The Balaban J connectivity index is 2.23. The molecular weight excluding hydrogens is 246 g/mol. The molecule has 0 N–H and O–H groups in total. The van der Waals surface area contributed by atoms with Crippen LogP contribution in [0.5, 0.6) is 0 Å². The van der Waals surface area contributed by atoms with E-state index in [1.807, 2.05) is 0 Å². The van der Waals surface area contributed by atoms with Gasteiger partial charge in [0.25, 0.3) is 0 Å². The zero-order valence-electron chi connectivity index (χ0n) is 12.1. The highest BCUT2D eigenvalue weighted by Crippen LogP contribution is 2.29. The summed E-state index contributed by atoms with van der Waals surface area (Å²) in [6, 6.07) is 0. The highest BCUT2D eigenvalue weighted by Gasteiger charge is 2.60. The van der Waals surface area contributed by atoms with Gasteiger partial charge in [0, 0.05) is 33.7 Å². The molecule has 1 aliphatic carbocycles. The molecule has 1 aliphatic heterocycles. The Morgan fingerprint density at radius 1 is 1.06 bits per heavy atom. The summed E-state index contributed by atoms with van der Waals surface area (Å²) in [7, 11) is 2.63. The van der Waals surface area contributed by atoms with Gasteiger partial charge in [0.15, 0.2) is 5.71 Å². The van der Waals surface area contributed by atoms with E-state index in [1.54, 1.807) is 27.0 Å². The minimum absolute atomic E-state index is 0.327. The van der Waals surface area contributed by atoms with Gasteiger partial charge in [-0.2, -0.15) is 0 Å². The van der Waals surface area contributed by atoms with Gasteiger partial charge in [-0.1, -0.05) is 13.3 Å². The average molecular weight is 272 g/mol. The Morgan fingerprint density at radius 3 is 2.17 bits per heavy atom. The molecule has 4 nitrogen and oxygen atoms in total. The second-order valence-electron chi connectivity index (χ2n) is 5.35. The van der Waals surface area contributed by atoms with E-state index in [-0.39, 0.29) is 0 Å². The lowest BCUT2D eigenvalue weighted by Crippen LogP contribution is -2.66. The van der Waals surface area contributed by atoms with Gasteiger partial charge in [0.05, 0.1) is 6.42 Å². The molecular formula is C13H26NO3Si+. The molecule has 1 heterocycles.